The molecule has 5 heteroatoms. The van der Waals surface area contributed by atoms with Crippen LogP contribution in [0.4, 0.5) is 4.79 Å². The van der Waals surface area contributed by atoms with Gasteiger partial charge in [0.05, 0.1) is 13.7 Å². The molecule has 0 bridgehead atoms. The molecule has 2 N–H and O–H groups in total. The standard InChI is InChI=1S/C20H26N2O3/c1-15-8-6-9-16(2)19(15)25-13-7-12-21-20(23)22-14-17-10-4-5-11-18(17)24-3/h4-6,8-11H,7,12-14H2,1-3H3,(H2,21,22,23). The van der Waals surface area contributed by atoms with E-state index in [-0.39, 0.29) is 6.03 Å². The van der Waals surface area contributed by atoms with E-state index in [1.165, 1.54) is 0 Å². The average molecular weight is 342 g/mol. The second-order valence-corrected chi connectivity index (χ2v) is 5.84. The van der Waals surface area contributed by atoms with Crippen LogP contribution in [0.2, 0.25) is 0 Å². The number of rotatable bonds is 8. The Balaban J connectivity index is 1.66. The zero-order chi connectivity index (χ0) is 18.1. The minimum Gasteiger partial charge on any atom is -0.496 e. The van der Waals surface area contributed by atoms with E-state index in [0.29, 0.717) is 19.7 Å². The van der Waals surface area contributed by atoms with Crippen molar-refractivity contribution < 1.29 is 14.3 Å². The van der Waals surface area contributed by atoms with Crippen molar-refractivity contribution in [3.05, 3.63) is 59.2 Å². The second-order valence-electron chi connectivity index (χ2n) is 5.84. The maximum absolute atomic E-state index is 11.9. The number of carbonyl (C=O) groups excluding carboxylic acids is 1. The van der Waals surface area contributed by atoms with E-state index in [1.807, 2.05) is 56.3 Å². The van der Waals surface area contributed by atoms with Crippen LogP contribution in [0, 0.1) is 13.8 Å². The van der Waals surface area contributed by atoms with Crippen molar-refractivity contribution in [2.24, 2.45) is 0 Å². The van der Waals surface area contributed by atoms with E-state index in [2.05, 4.69) is 10.6 Å². The predicted octanol–water partition coefficient (Wildman–Crippen LogP) is 3.58. The molecule has 25 heavy (non-hydrogen) atoms. The third-order valence-electron chi connectivity index (χ3n) is 3.89. The Bertz CT molecular complexity index is 681. The van der Waals surface area contributed by atoms with Gasteiger partial charge in [0, 0.05) is 18.7 Å². The zero-order valence-corrected chi connectivity index (χ0v) is 15.1. The van der Waals surface area contributed by atoms with Crippen LogP contribution in [-0.4, -0.2) is 26.3 Å². The van der Waals surface area contributed by atoms with Crippen LogP contribution < -0.4 is 20.1 Å². The molecule has 0 aromatic heterocycles. The Labute approximate surface area is 149 Å². The molecule has 2 rings (SSSR count). The Morgan fingerprint density at radius 3 is 2.44 bits per heavy atom. The van der Waals surface area contributed by atoms with Crippen molar-refractivity contribution in [2.75, 3.05) is 20.3 Å². The lowest BCUT2D eigenvalue weighted by Crippen LogP contribution is -2.36. The number of amides is 2. The molecular weight excluding hydrogens is 316 g/mol. The Morgan fingerprint density at radius 2 is 1.72 bits per heavy atom. The lowest BCUT2D eigenvalue weighted by molar-refractivity contribution is 0.238. The monoisotopic (exact) mass is 342 g/mol. The van der Waals surface area contributed by atoms with Crippen LogP contribution in [0.15, 0.2) is 42.5 Å². The Hall–Kier alpha value is -2.69. The lowest BCUT2D eigenvalue weighted by Gasteiger charge is -2.13. The summed E-state index contributed by atoms with van der Waals surface area (Å²) in [5.41, 5.74) is 3.20. The van der Waals surface area contributed by atoms with Crippen LogP contribution in [0.5, 0.6) is 11.5 Å². The molecular formula is C20H26N2O3. The number of hydrogen-bond acceptors (Lipinski definition) is 3. The van der Waals surface area contributed by atoms with Crippen molar-refractivity contribution >= 4 is 6.03 Å². The van der Waals surface area contributed by atoms with Gasteiger partial charge in [-0.15, -0.1) is 0 Å². The normalized spacial score (nSPS) is 10.2. The van der Waals surface area contributed by atoms with Gasteiger partial charge in [0.25, 0.3) is 0 Å². The molecule has 5 nitrogen and oxygen atoms in total. The third kappa shape index (κ3) is 5.71. The minimum atomic E-state index is -0.196. The highest BCUT2D eigenvalue weighted by molar-refractivity contribution is 5.73. The summed E-state index contributed by atoms with van der Waals surface area (Å²) in [7, 11) is 1.62. The van der Waals surface area contributed by atoms with Crippen LogP contribution in [0.1, 0.15) is 23.1 Å². The number of hydrogen-bond donors (Lipinski definition) is 2. The first-order valence-corrected chi connectivity index (χ1v) is 8.44. The lowest BCUT2D eigenvalue weighted by atomic mass is 10.1. The van der Waals surface area contributed by atoms with Gasteiger partial charge in [-0.2, -0.15) is 0 Å². The van der Waals surface area contributed by atoms with Gasteiger partial charge in [0.15, 0.2) is 0 Å². The summed E-state index contributed by atoms with van der Waals surface area (Å²) in [6, 6.07) is 13.5. The minimum absolute atomic E-state index is 0.196. The topological polar surface area (TPSA) is 59.6 Å². The molecule has 0 aliphatic heterocycles. The van der Waals surface area contributed by atoms with E-state index in [9.17, 15) is 4.79 Å². The number of aryl methyl sites for hydroxylation is 2. The summed E-state index contributed by atoms with van der Waals surface area (Å²) in [4.78, 5) is 11.9. The second kappa shape index (κ2) is 9.57. The molecule has 0 fully saturated rings. The summed E-state index contributed by atoms with van der Waals surface area (Å²) < 4.78 is 11.1. The quantitative estimate of drug-likeness (QED) is 0.721. The predicted molar refractivity (Wildman–Crippen MR) is 99.3 cm³/mol. The van der Waals surface area contributed by atoms with E-state index < -0.39 is 0 Å². The third-order valence-corrected chi connectivity index (χ3v) is 3.89. The molecule has 2 aromatic rings. The maximum atomic E-state index is 11.9. The molecule has 0 saturated carbocycles. The van der Waals surface area contributed by atoms with E-state index in [4.69, 9.17) is 9.47 Å². The van der Waals surface area contributed by atoms with Crippen LogP contribution in [-0.2, 0) is 6.54 Å². The van der Waals surface area contributed by atoms with Gasteiger partial charge in [-0.3, -0.25) is 0 Å². The number of nitrogens with one attached hydrogen (secondary N) is 2. The van der Waals surface area contributed by atoms with Gasteiger partial charge in [-0.05, 0) is 37.5 Å². The van der Waals surface area contributed by atoms with E-state index in [0.717, 1.165) is 34.6 Å². The fourth-order valence-electron chi connectivity index (χ4n) is 2.56. The fourth-order valence-corrected chi connectivity index (χ4v) is 2.56. The number of urea groups is 1. The average Bonchev–Trinajstić information content (AvgIpc) is 2.62. The number of methoxy groups -OCH3 is 1. The van der Waals surface area contributed by atoms with Gasteiger partial charge >= 0.3 is 6.03 Å². The molecule has 2 aromatic carbocycles. The molecule has 0 unspecified atom stereocenters. The van der Waals surface area contributed by atoms with E-state index in [1.54, 1.807) is 7.11 Å². The molecule has 0 aliphatic rings. The van der Waals surface area contributed by atoms with Gasteiger partial charge in [0.2, 0.25) is 0 Å². The molecule has 0 radical (unpaired) electrons. The molecule has 0 spiro atoms. The van der Waals surface area contributed by atoms with Crippen molar-refractivity contribution in [3.8, 4) is 11.5 Å². The summed E-state index contributed by atoms with van der Waals surface area (Å²) in [5.74, 6) is 1.70. The van der Waals surface area contributed by atoms with Gasteiger partial charge in [0.1, 0.15) is 11.5 Å². The first-order chi connectivity index (χ1) is 12.1. The van der Waals surface area contributed by atoms with Gasteiger partial charge < -0.3 is 20.1 Å². The smallest absolute Gasteiger partial charge is 0.315 e. The van der Waals surface area contributed by atoms with E-state index >= 15 is 0 Å². The zero-order valence-electron chi connectivity index (χ0n) is 15.1. The summed E-state index contributed by atoms with van der Waals surface area (Å²) in [5, 5.41) is 5.66. The highest BCUT2D eigenvalue weighted by Crippen LogP contribution is 2.22. The number of carbonyl (C=O) groups is 1. The Morgan fingerprint density at radius 1 is 1.00 bits per heavy atom. The summed E-state index contributed by atoms with van der Waals surface area (Å²) in [6.45, 7) is 5.62. The summed E-state index contributed by atoms with van der Waals surface area (Å²) >= 11 is 0. The molecule has 0 atom stereocenters. The molecule has 2 amide bonds. The number of benzene rings is 2. The number of para-hydroxylation sites is 2. The molecule has 0 heterocycles. The first-order valence-electron chi connectivity index (χ1n) is 8.44. The van der Waals surface area contributed by atoms with Crippen molar-refractivity contribution in [1.82, 2.24) is 10.6 Å². The number of ether oxygens (including phenoxy) is 2. The van der Waals surface area contributed by atoms with Gasteiger partial charge in [-0.1, -0.05) is 36.4 Å². The molecule has 0 aliphatic carbocycles. The van der Waals surface area contributed by atoms with Crippen molar-refractivity contribution in [1.29, 1.82) is 0 Å². The summed E-state index contributed by atoms with van der Waals surface area (Å²) in [6.07, 6.45) is 0.746. The first kappa shape index (κ1) is 18.6. The Kier molecular flexibility index (Phi) is 7.14. The van der Waals surface area contributed by atoms with Crippen molar-refractivity contribution in [3.63, 3.8) is 0 Å². The van der Waals surface area contributed by atoms with Crippen LogP contribution >= 0.6 is 0 Å². The highest BCUT2D eigenvalue weighted by atomic mass is 16.5. The maximum Gasteiger partial charge on any atom is 0.315 e. The van der Waals surface area contributed by atoms with Crippen LogP contribution in [0.3, 0.4) is 0 Å². The molecule has 134 valence electrons. The van der Waals surface area contributed by atoms with Gasteiger partial charge in [-0.25, -0.2) is 4.79 Å². The molecule has 0 saturated heterocycles. The highest BCUT2D eigenvalue weighted by Gasteiger charge is 2.05. The fraction of sp³-hybridized carbons (Fsp3) is 0.350. The largest absolute Gasteiger partial charge is 0.496 e. The SMILES string of the molecule is COc1ccccc1CNC(=O)NCCCOc1c(C)cccc1C. The van der Waals surface area contributed by atoms with Crippen molar-refractivity contribution in [2.45, 2.75) is 26.8 Å². The van der Waals surface area contributed by atoms with Crippen LogP contribution in [0.25, 0.3) is 0 Å².